The van der Waals surface area contributed by atoms with E-state index in [1.54, 1.807) is 0 Å². The Kier molecular flexibility index (Phi) is 7.10. The van der Waals surface area contributed by atoms with Crippen molar-refractivity contribution in [3.8, 4) is 0 Å². The van der Waals surface area contributed by atoms with Crippen molar-refractivity contribution < 1.29 is 9.59 Å². The summed E-state index contributed by atoms with van der Waals surface area (Å²) < 4.78 is 0. The Morgan fingerprint density at radius 1 is 1.11 bits per heavy atom. The Bertz CT molecular complexity index is 638. The predicted octanol–water partition coefficient (Wildman–Crippen LogP) is 2.61. The first-order valence-corrected chi connectivity index (χ1v) is 10.2. The van der Waals surface area contributed by atoms with E-state index in [4.69, 9.17) is 11.6 Å². The van der Waals surface area contributed by atoms with Crippen molar-refractivity contribution in [2.45, 2.75) is 51.2 Å². The highest BCUT2D eigenvalue weighted by Crippen LogP contribution is 2.17. The number of carbonyl (C=O) groups is 2. The van der Waals surface area contributed by atoms with Gasteiger partial charge in [-0.2, -0.15) is 0 Å². The molecular weight excluding hydrogens is 364 g/mol. The minimum Gasteiger partial charge on any atom is -0.335 e. The summed E-state index contributed by atoms with van der Waals surface area (Å²) in [5, 5.41) is 6.15. The number of urea groups is 1. The molecule has 1 saturated carbocycles. The van der Waals surface area contributed by atoms with Crippen LogP contribution in [0.4, 0.5) is 4.79 Å². The molecule has 1 saturated heterocycles. The SMILES string of the molecule is CC(C(=O)NC(=O)NC1CCCC1)N1CCN(Cc2ccc(Cl)cc2)CC1. The summed E-state index contributed by atoms with van der Waals surface area (Å²) in [5.41, 5.74) is 1.24. The maximum Gasteiger partial charge on any atom is 0.321 e. The highest BCUT2D eigenvalue weighted by atomic mass is 35.5. The van der Waals surface area contributed by atoms with Gasteiger partial charge in [-0.05, 0) is 37.5 Å². The van der Waals surface area contributed by atoms with Crippen LogP contribution < -0.4 is 10.6 Å². The maximum absolute atomic E-state index is 12.4. The highest BCUT2D eigenvalue weighted by Gasteiger charge is 2.27. The predicted molar refractivity (Wildman–Crippen MR) is 107 cm³/mol. The Morgan fingerprint density at radius 2 is 1.74 bits per heavy atom. The van der Waals surface area contributed by atoms with Crippen molar-refractivity contribution in [2.24, 2.45) is 0 Å². The number of benzene rings is 1. The summed E-state index contributed by atoms with van der Waals surface area (Å²) in [4.78, 5) is 28.9. The van der Waals surface area contributed by atoms with Gasteiger partial charge in [0, 0.05) is 43.8 Å². The summed E-state index contributed by atoms with van der Waals surface area (Å²) in [6, 6.07) is 7.47. The van der Waals surface area contributed by atoms with E-state index in [9.17, 15) is 9.59 Å². The Hall–Kier alpha value is -1.63. The van der Waals surface area contributed by atoms with Crippen molar-refractivity contribution in [1.29, 1.82) is 0 Å². The fraction of sp³-hybridized carbons (Fsp3) is 0.600. The van der Waals surface area contributed by atoms with Gasteiger partial charge in [0.05, 0.1) is 6.04 Å². The molecule has 3 amide bonds. The van der Waals surface area contributed by atoms with Crippen LogP contribution in [0.5, 0.6) is 0 Å². The maximum atomic E-state index is 12.4. The molecule has 3 rings (SSSR count). The number of nitrogens with one attached hydrogen (secondary N) is 2. The molecule has 1 aromatic carbocycles. The molecule has 2 N–H and O–H groups in total. The average molecular weight is 393 g/mol. The topological polar surface area (TPSA) is 64.7 Å². The largest absolute Gasteiger partial charge is 0.335 e. The van der Waals surface area contributed by atoms with Crippen LogP contribution in [0.25, 0.3) is 0 Å². The third-order valence-electron chi connectivity index (χ3n) is 5.58. The van der Waals surface area contributed by atoms with Crippen molar-refractivity contribution in [1.82, 2.24) is 20.4 Å². The molecule has 148 valence electrons. The lowest BCUT2D eigenvalue weighted by Crippen LogP contribution is -2.55. The van der Waals surface area contributed by atoms with Crippen LogP contribution in [0.1, 0.15) is 38.2 Å². The number of nitrogens with zero attached hydrogens (tertiary/aromatic N) is 2. The summed E-state index contributed by atoms with van der Waals surface area (Å²) in [7, 11) is 0. The smallest absolute Gasteiger partial charge is 0.321 e. The van der Waals surface area contributed by atoms with Crippen molar-refractivity contribution in [3.05, 3.63) is 34.9 Å². The van der Waals surface area contributed by atoms with Crippen LogP contribution >= 0.6 is 11.6 Å². The van der Waals surface area contributed by atoms with Crippen LogP contribution in [0, 0.1) is 0 Å². The van der Waals surface area contributed by atoms with Gasteiger partial charge in [0.15, 0.2) is 0 Å². The molecule has 2 fully saturated rings. The van der Waals surface area contributed by atoms with Gasteiger partial charge in [-0.15, -0.1) is 0 Å². The Morgan fingerprint density at radius 3 is 2.37 bits per heavy atom. The number of halogens is 1. The number of carbonyl (C=O) groups excluding carboxylic acids is 2. The number of rotatable bonds is 5. The van der Waals surface area contributed by atoms with E-state index in [2.05, 4.69) is 20.4 Å². The second-order valence-corrected chi connectivity index (χ2v) is 8.00. The lowest BCUT2D eigenvalue weighted by molar-refractivity contribution is -0.125. The number of hydrogen-bond acceptors (Lipinski definition) is 4. The number of hydrogen-bond donors (Lipinski definition) is 2. The first-order valence-electron chi connectivity index (χ1n) is 9.83. The molecule has 6 nitrogen and oxygen atoms in total. The minimum absolute atomic E-state index is 0.213. The first kappa shape index (κ1) is 20.1. The van der Waals surface area contributed by atoms with E-state index < -0.39 is 0 Å². The number of imide groups is 1. The normalized spacial score (nSPS) is 20.4. The van der Waals surface area contributed by atoms with E-state index in [-0.39, 0.29) is 24.0 Å². The van der Waals surface area contributed by atoms with Crippen LogP contribution in [0.2, 0.25) is 5.02 Å². The van der Waals surface area contributed by atoms with E-state index in [0.29, 0.717) is 0 Å². The van der Waals surface area contributed by atoms with Crippen LogP contribution in [0.15, 0.2) is 24.3 Å². The second-order valence-electron chi connectivity index (χ2n) is 7.56. The third kappa shape index (κ3) is 5.92. The molecule has 1 aromatic rings. The molecule has 1 aliphatic heterocycles. The quantitative estimate of drug-likeness (QED) is 0.808. The molecule has 1 aliphatic carbocycles. The fourth-order valence-corrected chi connectivity index (χ4v) is 3.96. The zero-order chi connectivity index (χ0) is 19.2. The van der Waals surface area contributed by atoms with E-state index in [0.717, 1.165) is 63.4 Å². The lowest BCUT2D eigenvalue weighted by Gasteiger charge is -2.37. The summed E-state index contributed by atoms with van der Waals surface area (Å²) in [6.07, 6.45) is 4.31. The Labute approximate surface area is 166 Å². The third-order valence-corrected chi connectivity index (χ3v) is 5.83. The summed E-state index contributed by atoms with van der Waals surface area (Å²) >= 11 is 5.93. The Balaban J connectivity index is 1.40. The van der Waals surface area contributed by atoms with Crippen molar-refractivity contribution in [3.63, 3.8) is 0 Å². The summed E-state index contributed by atoms with van der Waals surface area (Å²) in [5.74, 6) is -0.225. The van der Waals surface area contributed by atoms with Gasteiger partial charge >= 0.3 is 6.03 Å². The molecule has 0 radical (unpaired) electrons. The lowest BCUT2D eigenvalue weighted by atomic mass is 10.1. The first-order chi connectivity index (χ1) is 13.0. The second kappa shape index (κ2) is 9.53. The highest BCUT2D eigenvalue weighted by molar-refractivity contribution is 6.30. The fourth-order valence-electron chi connectivity index (χ4n) is 3.83. The van der Waals surface area contributed by atoms with Gasteiger partial charge in [0.1, 0.15) is 0 Å². The minimum atomic E-state index is -0.361. The zero-order valence-corrected chi connectivity index (χ0v) is 16.7. The molecule has 2 aliphatic rings. The van der Waals surface area contributed by atoms with E-state index >= 15 is 0 Å². The van der Waals surface area contributed by atoms with E-state index in [1.807, 2.05) is 31.2 Å². The summed E-state index contributed by atoms with van der Waals surface area (Å²) in [6.45, 7) is 6.17. The molecule has 1 unspecified atom stereocenters. The molecule has 27 heavy (non-hydrogen) atoms. The molecular formula is C20H29ClN4O2. The van der Waals surface area contributed by atoms with E-state index in [1.165, 1.54) is 5.56 Å². The molecule has 7 heteroatoms. The van der Waals surface area contributed by atoms with Crippen molar-refractivity contribution in [2.75, 3.05) is 26.2 Å². The number of amides is 3. The molecule has 1 heterocycles. The standard InChI is InChI=1S/C20H29ClN4O2/c1-15(19(26)23-20(27)22-18-4-2-3-5-18)25-12-10-24(11-13-25)14-16-6-8-17(21)9-7-16/h6-9,15,18H,2-5,10-14H2,1H3,(H2,22,23,26,27). The average Bonchev–Trinajstić information content (AvgIpc) is 3.16. The van der Waals surface area contributed by atoms with Gasteiger partial charge in [0.25, 0.3) is 0 Å². The van der Waals surface area contributed by atoms with Gasteiger partial charge in [-0.1, -0.05) is 36.6 Å². The van der Waals surface area contributed by atoms with Crippen LogP contribution in [-0.4, -0.2) is 60.0 Å². The number of piperazine rings is 1. The zero-order valence-electron chi connectivity index (χ0n) is 15.9. The van der Waals surface area contributed by atoms with Gasteiger partial charge < -0.3 is 5.32 Å². The van der Waals surface area contributed by atoms with Crippen LogP contribution in [-0.2, 0) is 11.3 Å². The molecule has 1 atom stereocenters. The van der Waals surface area contributed by atoms with Crippen LogP contribution in [0.3, 0.4) is 0 Å². The molecule has 0 aromatic heterocycles. The van der Waals surface area contributed by atoms with Gasteiger partial charge in [0.2, 0.25) is 5.91 Å². The molecule has 0 spiro atoms. The van der Waals surface area contributed by atoms with Crippen molar-refractivity contribution >= 4 is 23.5 Å². The van der Waals surface area contributed by atoms with Gasteiger partial charge in [-0.25, -0.2) is 4.79 Å². The van der Waals surface area contributed by atoms with Gasteiger partial charge in [-0.3, -0.25) is 19.9 Å². The monoisotopic (exact) mass is 392 g/mol. The molecule has 0 bridgehead atoms.